The number of aliphatic hydroxyl groups excluding tert-OH is 1. The van der Waals surface area contributed by atoms with Crippen molar-refractivity contribution in [1.82, 2.24) is 0 Å². The van der Waals surface area contributed by atoms with Gasteiger partial charge in [-0.05, 0) is 92.3 Å². The van der Waals surface area contributed by atoms with Gasteiger partial charge < -0.3 is 10.3 Å². The van der Waals surface area contributed by atoms with Crippen molar-refractivity contribution in [1.29, 1.82) is 0 Å². The number of rotatable bonds is 8. The van der Waals surface area contributed by atoms with Crippen LogP contribution in [0.15, 0.2) is 5.16 Å². The summed E-state index contributed by atoms with van der Waals surface area (Å²) in [6.07, 6.45) is 13.5. The molecule has 0 aromatic heterocycles. The van der Waals surface area contributed by atoms with Gasteiger partial charge in [0.15, 0.2) is 0 Å². The maximum absolute atomic E-state index is 9.72. The first kappa shape index (κ1) is 23.1. The van der Waals surface area contributed by atoms with Crippen LogP contribution in [0.4, 0.5) is 0 Å². The van der Waals surface area contributed by atoms with Crippen molar-refractivity contribution in [3.8, 4) is 0 Å². The van der Waals surface area contributed by atoms with Gasteiger partial charge in [0.25, 0.3) is 0 Å². The Morgan fingerprint density at radius 2 is 1.76 bits per heavy atom. The monoisotopic (exact) mass is 405 g/mol. The Kier molecular flexibility index (Phi) is 7.40. The fourth-order valence-corrected chi connectivity index (χ4v) is 8.25. The van der Waals surface area contributed by atoms with Crippen molar-refractivity contribution < 1.29 is 10.3 Å². The first-order valence-electron chi connectivity index (χ1n) is 12.6. The number of oxime groups is 1. The van der Waals surface area contributed by atoms with Crippen LogP contribution in [-0.4, -0.2) is 22.6 Å². The second-order valence-electron chi connectivity index (χ2n) is 11.7. The third-order valence-electron chi connectivity index (χ3n) is 9.81. The fourth-order valence-electron chi connectivity index (χ4n) is 8.25. The molecule has 3 saturated carbocycles. The number of aliphatic hydroxyl groups is 1. The van der Waals surface area contributed by atoms with E-state index in [0.29, 0.717) is 11.3 Å². The van der Waals surface area contributed by atoms with Crippen LogP contribution in [-0.2, 0) is 0 Å². The van der Waals surface area contributed by atoms with Crippen LogP contribution in [0, 0.1) is 46.3 Å². The molecule has 0 unspecified atom stereocenters. The Morgan fingerprint density at radius 1 is 1.00 bits per heavy atom. The molecule has 3 rings (SSSR count). The lowest BCUT2D eigenvalue weighted by atomic mass is 9.47. The molecular weight excluding hydrogens is 358 g/mol. The highest BCUT2D eigenvalue weighted by Gasteiger charge is 2.59. The molecule has 168 valence electrons. The molecule has 3 aliphatic rings. The fraction of sp³-hybridized carbons (Fsp3) is 0.962. The summed E-state index contributed by atoms with van der Waals surface area (Å²) in [5.74, 6) is 4.80. The zero-order valence-corrected chi connectivity index (χ0v) is 19.8. The molecule has 0 spiro atoms. The highest BCUT2D eigenvalue weighted by atomic mass is 16.4. The van der Waals surface area contributed by atoms with E-state index >= 15 is 0 Å². The maximum Gasteiger partial charge on any atom is 0.0632 e. The zero-order chi connectivity index (χ0) is 21.2. The molecule has 7 atom stereocenters. The number of hydrogen-bond acceptors (Lipinski definition) is 3. The SMILES string of the molecule is CC(C)CCC[C@@H](C)[C@H]1CC[C@H]2[C@@H]3CCC(=NO)[C@](C)(CCCO)[C@H]3CC[C@]12C. The molecule has 3 aliphatic carbocycles. The predicted molar refractivity (Wildman–Crippen MR) is 121 cm³/mol. The van der Waals surface area contributed by atoms with E-state index in [0.717, 1.165) is 54.6 Å². The van der Waals surface area contributed by atoms with Crippen molar-refractivity contribution in [2.24, 2.45) is 51.5 Å². The van der Waals surface area contributed by atoms with Crippen LogP contribution < -0.4 is 0 Å². The van der Waals surface area contributed by atoms with Gasteiger partial charge in [-0.25, -0.2) is 0 Å². The summed E-state index contributed by atoms with van der Waals surface area (Å²) in [6, 6.07) is 0. The normalized spacial score (nSPS) is 42.1. The quantitative estimate of drug-likeness (QED) is 0.340. The lowest BCUT2D eigenvalue weighted by Crippen LogP contribution is -2.52. The lowest BCUT2D eigenvalue weighted by Gasteiger charge is -2.57. The molecule has 3 fully saturated rings. The van der Waals surface area contributed by atoms with Crippen molar-refractivity contribution in [2.45, 2.75) is 105 Å². The molecule has 3 heteroatoms. The second-order valence-corrected chi connectivity index (χ2v) is 11.7. The van der Waals surface area contributed by atoms with Crippen molar-refractivity contribution in [3.63, 3.8) is 0 Å². The predicted octanol–water partition coefficient (Wildman–Crippen LogP) is 6.91. The molecule has 0 radical (unpaired) electrons. The van der Waals surface area contributed by atoms with Crippen LogP contribution in [0.3, 0.4) is 0 Å². The van der Waals surface area contributed by atoms with Crippen LogP contribution in [0.1, 0.15) is 105 Å². The molecule has 0 heterocycles. The van der Waals surface area contributed by atoms with E-state index in [4.69, 9.17) is 0 Å². The molecule has 0 aliphatic heterocycles. The second kappa shape index (κ2) is 9.28. The van der Waals surface area contributed by atoms with Crippen LogP contribution in [0.2, 0.25) is 0 Å². The van der Waals surface area contributed by atoms with E-state index in [-0.39, 0.29) is 12.0 Å². The van der Waals surface area contributed by atoms with E-state index in [1.807, 2.05) is 0 Å². The van der Waals surface area contributed by atoms with Crippen LogP contribution in [0.25, 0.3) is 0 Å². The molecule has 0 amide bonds. The van der Waals surface area contributed by atoms with Gasteiger partial charge >= 0.3 is 0 Å². The summed E-state index contributed by atoms with van der Waals surface area (Å²) >= 11 is 0. The molecule has 0 saturated heterocycles. The minimum atomic E-state index is -0.0251. The van der Waals surface area contributed by atoms with Gasteiger partial charge in [-0.1, -0.05) is 59.0 Å². The summed E-state index contributed by atoms with van der Waals surface area (Å²) < 4.78 is 0. The third kappa shape index (κ3) is 4.27. The molecule has 0 aromatic rings. The first-order chi connectivity index (χ1) is 13.8. The van der Waals surface area contributed by atoms with Gasteiger partial charge in [0.2, 0.25) is 0 Å². The molecule has 0 bridgehead atoms. The summed E-state index contributed by atoms with van der Waals surface area (Å²) in [5, 5.41) is 22.9. The van der Waals surface area contributed by atoms with Gasteiger partial charge in [-0.15, -0.1) is 0 Å². The van der Waals surface area contributed by atoms with E-state index in [1.54, 1.807) is 0 Å². The topological polar surface area (TPSA) is 52.8 Å². The molecule has 0 aromatic carbocycles. The summed E-state index contributed by atoms with van der Waals surface area (Å²) in [5.41, 5.74) is 1.49. The van der Waals surface area contributed by atoms with Crippen molar-refractivity contribution in [2.75, 3.05) is 6.61 Å². The highest BCUT2D eigenvalue weighted by Crippen LogP contribution is 2.66. The molecular formula is C26H47NO2. The largest absolute Gasteiger partial charge is 0.411 e. The Balaban J connectivity index is 1.75. The smallest absolute Gasteiger partial charge is 0.0632 e. The number of fused-ring (bicyclic) bond motifs is 3. The standard InChI is InChI=1S/C26H47NO2/c1-18(2)8-6-9-19(3)21-11-12-22-20-10-13-24(27-29)26(5,15-7-17-28)23(20)14-16-25(21,22)4/h18-23,28-29H,6-17H2,1-5H3/t19-,20+,21-,22+,23+,25-,26-/m1/s1. The Hall–Kier alpha value is -0.570. The van der Waals surface area contributed by atoms with Gasteiger partial charge in [-0.3, -0.25) is 0 Å². The van der Waals surface area contributed by atoms with E-state index in [2.05, 4.69) is 39.8 Å². The first-order valence-corrected chi connectivity index (χ1v) is 12.6. The molecule has 2 N–H and O–H groups in total. The zero-order valence-electron chi connectivity index (χ0n) is 19.8. The van der Waals surface area contributed by atoms with E-state index < -0.39 is 0 Å². The summed E-state index contributed by atoms with van der Waals surface area (Å²) in [4.78, 5) is 0. The van der Waals surface area contributed by atoms with Gasteiger partial charge in [0.1, 0.15) is 0 Å². The number of nitrogens with zero attached hydrogens (tertiary/aromatic N) is 1. The van der Waals surface area contributed by atoms with Crippen LogP contribution >= 0.6 is 0 Å². The minimum absolute atomic E-state index is 0.0251. The van der Waals surface area contributed by atoms with E-state index in [9.17, 15) is 10.3 Å². The molecule has 3 nitrogen and oxygen atoms in total. The lowest BCUT2D eigenvalue weighted by molar-refractivity contribution is -0.0458. The van der Waals surface area contributed by atoms with E-state index in [1.165, 1.54) is 51.4 Å². The van der Waals surface area contributed by atoms with Gasteiger partial charge in [0, 0.05) is 12.0 Å². The van der Waals surface area contributed by atoms with Crippen LogP contribution in [0.5, 0.6) is 0 Å². The number of hydrogen-bond donors (Lipinski definition) is 2. The third-order valence-corrected chi connectivity index (χ3v) is 9.81. The average molecular weight is 406 g/mol. The summed E-state index contributed by atoms with van der Waals surface area (Å²) in [7, 11) is 0. The Labute approximate surface area is 179 Å². The Bertz CT molecular complexity index is 573. The Morgan fingerprint density at radius 3 is 2.41 bits per heavy atom. The summed E-state index contributed by atoms with van der Waals surface area (Å²) in [6.45, 7) is 12.4. The molecule has 29 heavy (non-hydrogen) atoms. The van der Waals surface area contributed by atoms with Gasteiger partial charge in [0.05, 0.1) is 5.71 Å². The van der Waals surface area contributed by atoms with Crippen molar-refractivity contribution in [3.05, 3.63) is 0 Å². The average Bonchev–Trinajstić information content (AvgIpc) is 3.03. The highest BCUT2D eigenvalue weighted by molar-refractivity contribution is 5.90. The van der Waals surface area contributed by atoms with Crippen molar-refractivity contribution >= 4 is 5.71 Å². The minimum Gasteiger partial charge on any atom is -0.411 e. The van der Waals surface area contributed by atoms with Gasteiger partial charge in [-0.2, -0.15) is 0 Å². The maximum atomic E-state index is 9.72.